The molecule has 0 fully saturated rings. The summed E-state index contributed by atoms with van der Waals surface area (Å²) in [6.07, 6.45) is 6.94. The van der Waals surface area contributed by atoms with E-state index in [2.05, 4.69) is 20.4 Å². The molecule has 0 unspecified atom stereocenters. The number of pyridine rings is 1. The highest BCUT2D eigenvalue weighted by molar-refractivity contribution is 5.94. The maximum Gasteiger partial charge on any atom is 0.251 e. The quantitative estimate of drug-likeness (QED) is 0.508. The molecule has 4 rings (SSSR count). The van der Waals surface area contributed by atoms with Gasteiger partial charge in [0.15, 0.2) is 0 Å². The number of hydrogen-bond donors (Lipinski definition) is 1. The highest BCUT2D eigenvalue weighted by Crippen LogP contribution is 2.18. The minimum absolute atomic E-state index is 0.184. The Balaban J connectivity index is 1.35. The molecule has 152 valence electrons. The van der Waals surface area contributed by atoms with E-state index < -0.39 is 0 Å². The number of nitrogens with one attached hydrogen (secondary N) is 1. The number of benzene rings is 1. The molecule has 0 aliphatic carbocycles. The van der Waals surface area contributed by atoms with Gasteiger partial charge in [-0.15, -0.1) is 0 Å². The van der Waals surface area contributed by atoms with Crippen molar-refractivity contribution in [1.29, 1.82) is 0 Å². The van der Waals surface area contributed by atoms with Crippen molar-refractivity contribution in [1.82, 2.24) is 25.0 Å². The molecular weight excluding hydrogens is 382 g/mol. The van der Waals surface area contributed by atoms with Gasteiger partial charge >= 0.3 is 0 Å². The molecule has 1 aromatic carbocycles. The lowest BCUT2D eigenvalue weighted by Gasteiger charge is -2.09. The highest BCUT2D eigenvalue weighted by atomic mass is 16.5. The van der Waals surface area contributed by atoms with Crippen LogP contribution in [0.3, 0.4) is 0 Å². The lowest BCUT2D eigenvalue weighted by Crippen LogP contribution is -2.22. The second kappa shape index (κ2) is 8.60. The second-order valence-corrected chi connectivity index (χ2v) is 6.80. The summed E-state index contributed by atoms with van der Waals surface area (Å²) in [5.41, 5.74) is 3.14. The SMILES string of the molecule is Cc1noc(C)c1COc1cccc(C(=O)NCc2ccc(-n3ccnc3)nc2)c1. The van der Waals surface area contributed by atoms with E-state index in [9.17, 15) is 4.79 Å². The largest absolute Gasteiger partial charge is 0.489 e. The van der Waals surface area contributed by atoms with Crippen LogP contribution < -0.4 is 10.1 Å². The molecule has 4 aromatic rings. The number of hydrogen-bond acceptors (Lipinski definition) is 6. The Labute approximate surface area is 173 Å². The summed E-state index contributed by atoms with van der Waals surface area (Å²) >= 11 is 0. The Morgan fingerprint density at radius 1 is 1.23 bits per heavy atom. The molecule has 1 N–H and O–H groups in total. The zero-order valence-electron chi connectivity index (χ0n) is 16.7. The molecule has 8 heteroatoms. The maximum atomic E-state index is 12.5. The van der Waals surface area contributed by atoms with Gasteiger partial charge in [-0.05, 0) is 43.7 Å². The van der Waals surface area contributed by atoms with Gasteiger partial charge in [0.05, 0.1) is 11.3 Å². The summed E-state index contributed by atoms with van der Waals surface area (Å²) in [7, 11) is 0. The first-order valence-corrected chi connectivity index (χ1v) is 9.46. The molecule has 3 aromatic heterocycles. The van der Waals surface area contributed by atoms with Crippen LogP contribution in [0.1, 0.15) is 32.9 Å². The summed E-state index contributed by atoms with van der Waals surface area (Å²) in [4.78, 5) is 20.9. The third-order valence-electron chi connectivity index (χ3n) is 4.69. The second-order valence-electron chi connectivity index (χ2n) is 6.80. The van der Waals surface area contributed by atoms with Gasteiger partial charge in [-0.25, -0.2) is 9.97 Å². The lowest BCUT2D eigenvalue weighted by molar-refractivity contribution is 0.0950. The topological polar surface area (TPSA) is 95.1 Å². The van der Waals surface area contributed by atoms with Gasteiger partial charge in [0.1, 0.15) is 30.3 Å². The van der Waals surface area contributed by atoms with Crippen molar-refractivity contribution in [2.75, 3.05) is 0 Å². The van der Waals surface area contributed by atoms with Crippen LogP contribution in [0.4, 0.5) is 0 Å². The van der Waals surface area contributed by atoms with Crippen LogP contribution in [0.5, 0.6) is 5.75 Å². The number of nitrogens with zero attached hydrogens (tertiary/aromatic N) is 4. The Bertz CT molecular complexity index is 1110. The fourth-order valence-corrected chi connectivity index (χ4v) is 2.94. The number of carbonyl (C=O) groups is 1. The first kappa shape index (κ1) is 19.4. The average molecular weight is 403 g/mol. The molecule has 0 aliphatic rings. The van der Waals surface area contributed by atoms with Crippen molar-refractivity contribution >= 4 is 5.91 Å². The molecule has 0 radical (unpaired) electrons. The summed E-state index contributed by atoms with van der Waals surface area (Å²) in [6.45, 7) is 4.43. The Morgan fingerprint density at radius 3 is 2.83 bits per heavy atom. The molecule has 0 saturated heterocycles. The average Bonchev–Trinajstić information content (AvgIpc) is 3.42. The molecule has 8 nitrogen and oxygen atoms in total. The monoisotopic (exact) mass is 403 g/mol. The van der Waals surface area contributed by atoms with Crippen LogP contribution in [0, 0.1) is 13.8 Å². The Hall–Kier alpha value is -3.94. The van der Waals surface area contributed by atoms with E-state index in [1.54, 1.807) is 36.9 Å². The van der Waals surface area contributed by atoms with Crippen molar-refractivity contribution in [3.05, 3.63) is 89.5 Å². The number of rotatable bonds is 7. The molecule has 0 aliphatic heterocycles. The van der Waals surface area contributed by atoms with E-state index in [-0.39, 0.29) is 5.91 Å². The minimum atomic E-state index is -0.184. The number of imidazole rings is 1. The van der Waals surface area contributed by atoms with Crippen LogP contribution in [-0.2, 0) is 13.2 Å². The van der Waals surface area contributed by atoms with Gasteiger partial charge in [-0.1, -0.05) is 17.3 Å². The van der Waals surface area contributed by atoms with Crippen molar-refractivity contribution in [2.24, 2.45) is 0 Å². The van der Waals surface area contributed by atoms with E-state index in [1.165, 1.54) is 0 Å². The third kappa shape index (κ3) is 4.38. The van der Waals surface area contributed by atoms with Crippen molar-refractivity contribution in [2.45, 2.75) is 27.0 Å². The predicted molar refractivity (Wildman–Crippen MR) is 109 cm³/mol. The van der Waals surface area contributed by atoms with Crippen molar-refractivity contribution < 1.29 is 14.1 Å². The molecular formula is C22H21N5O3. The Kier molecular flexibility index (Phi) is 5.56. The van der Waals surface area contributed by atoms with Crippen LogP contribution in [-0.4, -0.2) is 25.6 Å². The summed E-state index contributed by atoms with van der Waals surface area (Å²) < 4.78 is 12.8. The summed E-state index contributed by atoms with van der Waals surface area (Å²) in [5, 5.41) is 6.82. The van der Waals surface area contributed by atoms with Crippen LogP contribution in [0.15, 0.2) is 65.8 Å². The highest BCUT2D eigenvalue weighted by Gasteiger charge is 2.11. The molecule has 0 saturated carbocycles. The van der Waals surface area contributed by atoms with E-state index in [1.807, 2.05) is 42.8 Å². The van der Waals surface area contributed by atoms with Crippen LogP contribution >= 0.6 is 0 Å². The number of carbonyl (C=O) groups excluding carboxylic acids is 1. The predicted octanol–water partition coefficient (Wildman–Crippen LogP) is 3.38. The van der Waals surface area contributed by atoms with Gasteiger partial charge in [0, 0.05) is 30.7 Å². The van der Waals surface area contributed by atoms with Crippen molar-refractivity contribution in [3.8, 4) is 11.6 Å². The molecule has 3 heterocycles. The van der Waals surface area contributed by atoms with Crippen LogP contribution in [0.25, 0.3) is 5.82 Å². The zero-order valence-corrected chi connectivity index (χ0v) is 16.7. The number of ether oxygens (including phenoxy) is 1. The van der Waals surface area contributed by atoms with E-state index in [4.69, 9.17) is 9.26 Å². The van der Waals surface area contributed by atoms with Crippen molar-refractivity contribution in [3.63, 3.8) is 0 Å². The molecule has 0 spiro atoms. The van der Waals surface area contributed by atoms with Gasteiger partial charge < -0.3 is 14.6 Å². The maximum absolute atomic E-state index is 12.5. The van der Waals surface area contributed by atoms with Gasteiger partial charge in [0.2, 0.25) is 0 Å². The number of aryl methyl sites for hydroxylation is 2. The normalized spacial score (nSPS) is 10.7. The lowest BCUT2D eigenvalue weighted by atomic mass is 10.2. The fourth-order valence-electron chi connectivity index (χ4n) is 2.94. The van der Waals surface area contributed by atoms with Gasteiger partial charge in [-0.3, -0.25) is 9.36 Å². The Morgan fingerprint density at radius 2 is 2.13 bits per heavy atom. The molecule has 30 heavy (non-hydrogen) atoms. The minimum Gasteiger partial charge on any atom is -0.489 e. The molecule has 1 amide bonds. The first-order chi connectivity index (χ1) is 14.6. The summed E-state index contributed by atoms with van der Waals surface area (Å²) in [5.74, 6) is 1.92. The van der Waals surface area contributed by atoms with E-state index in [0.29, 0.717) is 24.5 Å². The molecule has 0 bridgehead atoms. The van der Waals surface area contributed by atoms with Gasteiger partial charge in [0.25, 0.3) is 5.91 Å². The third-order valence-corrected chi connectivity index (χ3v) is 4.69. The van der Waals surface area contributed by atoms with Gasteiger partial charge in [-0.2, -0.15) is 0 Å². The standard InChI is InChI=1S/C22H21N5O3/c1-15-20(16(2)30-26-15)13-29-19-5-3-4-18(10-19)22(28)25-12-17-6-7-21(24-11-17)27-9-8-23-14-27/h3-11,14H,12-13H2,1-2H3,(H,25,28). The first-order valence-electron chi connectivity index (χ1n) is 9.46. The summed E-state index contributed by atoms with van der Waals surface area (Å²) in [6, 6.07) is 10.9. The number of amides is 1. The van der Waals surface area contributed by atoms with Crippen LogP contribution in [0.2, 0.25) is 0 Å². The zero-order chi connectivity index (χ0) is 20.9. The molecule has 0 atom stereocenters. The van der Waals surface area contributed by atoms with E-state index in [0.717, 1.165) is 28.4 Å². The fraction of sp³-hybridized carbons (Fsp3) is 0.182. The van der Waals surface area contributed by atoms with E-state index >= 15 is 0 Å². The smallest absolute Gasteiger partial charge is 0.251 e. The number of aromatic nitrogens is 4.